The van der Waals surface area contributed by atoms with E-state index in [0.29, 0.717) is 25.9 Å². The lowest BCUT2D eigenvalue weighted by Crippen LogP contribution is -2.25. The summed E-state index contributed by atoms with van der Waals surface area (Å²) in [4.78, 5) is 11.0. The van der Waals surface area contributed by atoms with Gasteiger partial charge in [-0.3, -0.25) is 4.79 Å². The molecule has 27 heavy (non-hydrogen) atoms. The van der Waals surface area contributed by atoms with E-state index < -0.39 is 6.10 Å². The zero-order valence-corrected chi connectivity index (χ0v) is 16.1. The van der Waals surface area contributed by atoms with Gasteiger partial charge in [-0.2, -0.15) is 0 Å². The van der Waals surface area contributed by atoms with Crippen LogP contribution in [0.3, 0.4) is 0 Å². The Labute approximate surface area is 162 Å². The fourth-order valence-corrected chi connectivity index (χ4v) is 3.00. The second-order valence-electron chi connectivity index (χ2n) is 6.91. The predicted molar refractivity (Wildman–Crippen MR) is 107 cm³/mol. The van der Waals surface area contributed by atoms with Crippen LogP contribution < -0.4 is 0 Å². The molecule has 1 aliphatic heterocycles. The van der Waals surface area contributed by atoms with Gasteiger partial charge in [0.25, 0.3) is 0 Å². The third-order valence-electron chi connectivity index (χ3n) is 4.58. The lowest BCUT2D eigenvalue weighted by atomic mass is 10.1. The SMILES string of the molecule is O=C1CC[C@@H]([C@H](O)CC/C=C\CC/C=C/CCCOCc2ccccc2)O1. The minimum atomic E-state index is -0.537. The van der Waals surface area contributed by atoms with Gasteiger partial charge in [-0.25, -0.2) is 0 Å². The number of ether oxygens (including phenoxy) is 2. The largest absolute Gasteiger partial charge is 0.460 e. The van der Waals surface area contributed by atoms with Crippen LogP contribution in [0.2, 0.25) is 0 Å². The van der Waals surface area contributed by atoms with Crippen LogP contribution in [0, 0.1) is 0 Å². The minimum absolute atomic E-state index is 0.191. The average Bonchev–Trinajstić information content (AvgIpc) is 3.12. The quantitative estimate of drug-likeness (QED) is 0.309. The van der Waals surface area contributed by atoms with Crippen molar-refractivity contribution in [2.45, 2.75) is 70.2 Å². The van der Waals surface area contributed by atoms with Gasteiger partial charge in [-0.05, 0) is 50.5 Å². The predicted octanol–water partition coefficient (Wildman–Crippen LogP) is 4.72. The summed E-state index contributed by atoms with van der Waals surface area (Å²) in [7, 11) is 0. The van der Waals surface area contributed by atoms with Crippen molar-refractivity contribution in [1.82, 2.24) is 0 Å². The number of carbonyl (C=O) groups is 1. The Bertz CT molecular complexity index is 579. The van der Waals surface area contributed by atoms with Crippen molar-refractivity contribution in [2.24, 2.45) is 0 Å². The van der Waals surface area contributed by atoms with Crippen LogP contribution in [0.15, 0.2) is 54.6 Å². The Morgan fingerprint density at radius 3 is 2.48 bits per heavy atom. The molecular weight excluding hydrogens is 340 g/mol. The van der Waals surface area contributed by atoms with Gasteiger partial charge in [0.15, 0.2) is 0 Å². The number of carbonyl (C=O) groups excluding carboxylic acids is 1. The number of aliphatic hydroxyl groups excluding tert-OH is 1. The number of hydrogen-bond donors (Lipinski definition) is 1. The molecule has 1 fully saturated rings. The molecule has 1 aromatic rings. The van der Waals surface area contributed by atoms with Gasteiger partial charge in [0.1, 0.15) is 6.10 Å². The van der Waals surface area contributed by atoms with Crippen molar-refractivity contribution in [3.8, 4) is 0 Å². The van der Waals surface area contributed by atoms with Crippen molar-refractivity contribution < 1.29 is 19.4 Å². The molecule has 0 spiro atoms. The first-order valence-electron chi connectivity index (χ1n) is 10.0. The number of allylic oxidation sites excluding steroid dienone is 4. The summed E-state index contributed by atoms with van der Waals surface area (Å²) in [6, 6.07) is 10.2. The van der Waals surface area contributed by atoms with Crippen molar-refractivity contribution >= 4 is 5.97 Å². The van der Waals surface area contributed by atoms with E-state index in [1.165, 1.54) is 5.56 Å². The van der Waals surface area contributed by atoms with E-state index >= 15 is 0 Å². The fourth-order valence-electron chi connectivity index (χ4n) is 3.00. The number of benzene rings is 1. The zero-order valence-electron chi connectivity index (χ0n) is 16.1. The molecule has 0 aliphatic carbocycles. The summed E-state index contributed by atoms with van der Waals surface area (Å²) in [6.07, 6.45) is 14.5. The summed E-state index contributed by atoms with van der Waals surface area (Å²) in [6.45, 7) is 1.48. The highest BCUT2D eigenvalue weighted by atomic mass is 16.6. The summed E-state index contributed by atoms with van der Waals surface area (Å²) in [5, 5.41) is 9.96. The zero-order chi connectivity index (χ0) is 19.2. The van der Waals surface area contributed by atoms with Gasteiger partial charge >= 0.3 is 5.97 Å². The Morgan fingerprint density at radius 1 is 1.07 bits per heavy atom. The van der Waals surface area contributed by atoms with E-state index in [2.05, 4.69) is 36.4 Å². The second kappa shape index (κ2) is 13.3. The third-order valence-corrected chi connectivity index (χ3v) is 4.58. The molecule has 1 aromatic carbocycles. The smallest absolute Gasteiger partial charge is 0.306 e. The fraction of sp³-hybridized carbons (Fsp3) is 0.522. The molecule has 0 bridgehead atoms. The lowest BCUT2D eigenvalue weighted by Gasteiger charge is -2.15. The van der Waals surface area contributed by atoms with Gasteiger partial charge in [0, 0.05) is 13.0 Å². The molecule has 2 rings (SSSR count). The van der Waals surface area contributed by atoms with E-state index in [-0.39, 0.29) is 12.1 Å². The minimum Gasteiger partial charge on any atom is -0.460 e. The molecule has 0 amide bonds. The molecule has 1 N–H and O–H groups in total. The monoisotopic (exact) mass is 372 g/mol. The Morgan fingerprint density at radius 2 is 1.78 bits per heavy atom. The normalized spacial score (nSPS) is 18.4. The van der Waals surface area contributed by atoms with Crippen molar-refractivity contribution in [3.05, 3.63) is 60.2 Å². The van der Waals surface area contributed by atoms with Crippen molar-refractivity contribution in [3.63, 3.8) is 0 Å². The highest BCUT2D eigenvalue weighted by Gasteiger charge is 2.29. The maximum Gasteiger partial charge on any atom is 0.306 e. The van der Waals surface area contributed by atoms with Crippen LogP contribution in [-0.2, 0) is 20.9 Å². The van der Waals surface area contributed by atoms with Crippen LogP contribution in [0.5, 0.6) is 0 Å². The number of unbranched alkanes of at least 4 members (excludes halogenated alkanes) is 2. The maximum absolute atomic E-state index is 11.0. The number of esters is 1. The highest BCUT2D eigenvalue weighted by molar-refractivity contribution is 5.71. The average molecular weight is 373 g/mol. The van der Waals surface area contributed by atoms with Gasteiger partial charge in [0.05, 0.1) is 12.7 Å². The molecule has 2 atom stereocenters. The standard InChI is InChI=1S/C23H32O4/c24-21(22-16-17-23(25)27-22)15-11-6-4-2-1-3-5-7-12-18-26-19-20-13-9-8-10-14-20/h3-6,8-10,13-14,21-22,24H,1-2,7,11-12,15-19H2/b5-3+,6-4-/t21-,22+/m1/s1. The van der Waals surface area contributed by atoms with Crippen LogP contribution in [0.4, 0.5) is 0 Å². The maximum atomic E-state index is 11.0. The van der Waals surface area contributed by atoms with Crippen LogP contribution in [0.25, 0.3) is 0 Å². The molecule has 0 saturated carbocycles. The van der Waals surface area contributed by atoms with Crippen LogP contribution in [0.1, 0.15) is 56.9 Å². The first-order valence-corrected chi connectivity index (χ1v) is 10.0. The van der Waals surface area contributed by atoms with Gasteiger partial charge < -0.3 is 14.6 Å². The second-order valence-corrected chi connectivity index (χ2v) is 6.91. The van der Waals surface area contributed by atoms with Gasteiger partial charge in [-0.15, -0.1) is 0 Å². The summed E-state index contributed by atoms with van der Waals surface area (Å²) < 4.78 is 10.7. The Hall–Kier alpha value is -1.91. The molecule has 1 aliphatic rings. The molecule has 1 saturated heterocycles. The number of cyclic esters (lactones) is 1. The van der Waals surface area contributed by atoms with Crippen molar-refractivity contribution in [2.75, 3.05) is 6.61 Å². The first-order chi connectivity index (χ1) is 13.3. The molecule has 4 nitrogen and oxygen atoms in total. The summed E-state index contributed by atoms with van der Waals surface area (Å²) in [5.74, 6) is -0.191. The number of aliphatic hydroxyl groups is 1. The number of rotatable bonds is 13. The van der Waals surface area contributed by atoms with E-state index in [1.54, 1.807) is 0 Å². The molecule has 0 unspecified atom stereocenters. The van der Waals surface area contributed by atoms with E-state index in [9.17, 15) is 9.90 Å². The topological polar surface area (TPSA) is 55.8 Å². The van der Waals surface area contributed by atoms with E-state index in [0.717, 1.165) is 38.7 Å². The molecule has 0 aromatic heterocycles. The third kappa shape index (κ3) is 9.55. The molecular formula is C23H32O4. The summed E-state index contributed by atoms with van der Waals surface area (Å²) >= 11 is 0. The van der Waals surface area contributed by atoms with Gasteiger partial charge in [-0.1, -0.05) is 54.6 Å². The lowest BCUT2D eigenvalue weighted by molar-refractivity contribution is -0.145. The highest BCUT2D eigenvalue weighted by Crippen LogP contribution is 2.19. The molecule has 4 heteroatoms. The molecule has 0 radical (unpaired) electrons. The molecule has 1 heterocycles. The summed E-state index contributed by atoms with van der Waals surface area (Å²) in [5.41, 5.74) is 1.22. The first kappa shape index (κ1) is 21.4. The Balaban J connectivity index is 1.39. The Kier molecular flexibility index (Phi) is 10.5. The van der Waals surface area contributed by atoms with Crippen LogP contribution >= 0.6 is 0 Å². The van der Waals surface area contributed by atoms with E-state index in [4.69, 9.17) is 9.47 Å². The van der Waals surface area contributed by atoms with E-state index in [1.807, 2.05) is 18.2 Å². The molecule has 148 valence electrons. The van der Waals surface area contributed by atoms with Crippen LogP contribution in [-0.4, -0.2) is 29.9 Å². The van der Waals surface area contributed by atoms with Gasteiger partial charge in [0.2, 0.25) is 0 Å². The van der Waals surface area contributed by atoms with Crippen molar-refractivity contribution in [1.29, 1.82) is 0 Å². The number of hydrogen-bond acceptors (Lipinski definition) is 4.